The molecule has 0 spiro atoms. The van der Waals surface area contributed by atoms with Crippen molar-refractivity contribution in [3.63, 3.8) is 0 Å². The summed E-state index contributed by atoms with van der Waals surface area (Å²) in [6.07, 6.45) is 3.47. The average molecular weight is 219 g/mol. The summed E-state index contributed by atoms with van der Waals surface area (Å²) in [4.78, 5) is 15.5. The zero-order valence-corrected chi connectivity index (χ0v) is 9.23. The smallest absolute Gasteiger partial charge is 0.253 e. The number of hydrogen-bond acceptors (Lipinski definition) is 3. The maximum absolute atomic E-state index is 11.3. The Balaban J connectivity index is 2.64. The van der Waals surface area contributed by atoms with Crippen LogP contribution in [0.4, 0.5) is 0 Å². The molecular weight excluding hydrogens is 206 g/mol. The first-order chi connectivity index (χ1) is 7.61. The van der Waals surface area contributed by atoms with Gasteiger partial charge in [0.1, 0.15) is 11.4 Å². The van der Waals surface area contributed by atoms with E-state index < -0.39 is 5.91 Å². The van der Waals surface area contributed by atoms with Crippen LogP contribution in [-0.2, 0) is 0 Å². The number of aryl methyl sites for hydroxylation is 1. The van der Waals surface area contributed by atoms with Crippen molar-refractivity contribution in [3.8, 4) is 5.75 Å². The van der Waals surface area contributed by atoms with E-state index in [4.69, 9.17) is 10.5 Å². The molecule has 0 unspecified atom stereocenters. The maximum Gasteiger partial charge on any atom is 0.253 e. The molecule has 0 aliphatic heterocycles. The van der Waals surface area contributed by atoms with E-state index in [1.807, 2.05) is 20.0 Å². The third-order valence-corrected chi connectivity index (χ3v) is 2.24. The number of hydrogen-bond donors (Lipinski definition) is 1. The number of carbonyl (C=O) groups is 1. The highest BCUT2D eigenvalue weighted by Gasteiger charge is 2.12. The van der Waals surface area contributed by atoms with Gasteiger partial charge in [-0.05, 0) is 13.8 Å². The van der Waals surface area contributed by atoms with E-state index in [9.17, 15) is 4.79 Å². The van der Waals surface area contributed by atoms with Gasteiger partial charge in [0, 0.05) is 18.5 Å². The van der Waals surface area contributed by atoms with Gasteiger partial charge in [0.05, 0.1) is 17.9 Å². The fourth-order valence-electron chi connectivity index (χ4n) is 1.60. The van der Waals surface area contributed by atoms with E-state index in [0.29, 0.717) is 17.9 Å². The van der Waals surface area contributed by atoms with Crippen LogP contribution >= 0.6 is 0 Å². The first-order valence-electron chi connectivity index (χ1n) is 5.03. The lowest BCUT2D eigenvalue weighted by Gasteiger charge is -2.07. The second-order valence-corrected chi connectivity index (χ2v) is 3.50. The Hall–Kier alpha value is -2.04. The molecule has 0 saturated heterocycles. The van der Waals surface area contributed by atoms with Crippen LogP contribution in [0.25, 0.3) is 5.65 Å². The third kappa shape index (κ3) is 1.71. The molecule has 0 bridgehead atoms. The van der Waals surface area contributed by atoms with Crippen LogP contribution < -0.4 is 10.5 Å². The van der Waals surface area contributed by atoms with E-state index in [-0.39, 0.29) is 0 Å². The number of nitrogens with zero attached hydrogens (tertiary/aromatic N) is 2. The highest BCUT2D eigenvalue weighted by molar-refractivity contribution is 5.95. The molecule has 0 atom stereocenters. The van der Waals surface area contributed by atoms with Gasteiger partial charge in [-0.25, -0.2) is 4.98 Å². The van der Waals surface area contributed by atoms with Crippen LogP contribution in [0.3, 0.4) is 0 Å². The first kappa shape index (κ1) is 10.5. The van der Waals surface area contributed by atoms with Crippen molar-refractivity contribution < 1.29 is 9.53 Å². The minimum atomic E-state index is -0.503. The highest BCUT2D eigenvalue weighted by Crippen LogP contribution is 2.20. The minimum absolute atomic E-state index is 0.367. The van der Waals surface area contributed by atoms with Crippen molar-refractivity contribution in [1.82, 2.24) is 9.38 Å². The molecule has 0 saturated carbocycles. The average Bonchev–Trinajstić information content (AvgIpc) is 2.56. The summed E-state index contributed by atoms with van der Waals surface area (Å²) in [7, 11) is 0. The summed E-state index contributed by atoms with van der Waals surface area (Å²) in [6.45, 7) is 4.22. The molecule has 0 radical (unpaired) electrons. The number of rotatable bonds is 3. The number of amides is 1. The van der Waals surface area contributed by atoms with Gasteiger partial charge in [0.15, 0.2) is 0 Å². The maximum atomic E-state index is 11.3. The Morgan fingerprint density at radius 1 is 1.56 bits per heavy atom. The first-order valence-corrected chi connectivity index (χ1v) is 5.03. The van der Waals surface area contributed by atoms with E-state index in [1.54, 1.807) is 16.7 Å². The second-order valence-electron chi connectivity index (χ2n) is 3.50. The summed E-state index contributed by atoms with van der Waals surface area (Å²) < 4.78 is 7.12. The third-order valence-electron chi connectivity index (χ3n) is 2.24. The molecule has 2 rings (SSSR count). The van der Waals surface area contributed by atoms with E-state index >= 15 is 0 Å². The van der Waals surface area contributed by atoms with Crippen molar-refractivity contribution in [2.75, 3.05) is 6.61 Å². The lowest BCUT2D eigenvalue weighted by atomic mass is 10.2. The molecule has 5 nitrogen and oxygen atoms in total. The highest BCUT2D eigenvalue weighted by atomic mass is 16.5. The summed E-state index contributed by atoms with van der Waals surface area (Å²) in [5, 5.41) is 0. The molecule has 84 valence electrons. The molecule has 2 aromatic rings. The molecule has 2 aromatic heterocycles. The molecule has 0 aliphatic rings. The van der Waals surface area contributed by atoms with Gasteiger partial charge < -0.3 is 14.9 Å². The Morgan fingerprint density at radius 3 is 2.94 bits per heavy atom. The largest absolute Gasteiger partial charge is 0.493 e. The number of primary amides is 1. The van der Waals surface area contributed by atoms with Crippen molar-refractivity contribution >= 4 is 11.6 Å². The zero-order valence-electron chi connectivity index (χ0n) is 9.23. The van der Waals surface area contributed by atoms with Crippen molar-refractivity contribution in [2.24, 2.45) is 5.73 Å². The zero-order chi connectivity index (χ0) is 11.7. The normalized spacial score (nSPS) is 10.6. The van der Waals surface area contributed by atoms with E-state index in [1.165, 1.54) is 0 Å². The fraction of sp³-hybridized carbons (Fsp3) is 0.273. The Labute approximate surface area is 92.8 Å². The van der Waals surface area contributed by atoms with Crippen LogP contribution in [0.1, 0.15) is 23.0 Å². The van der Waals surface area contributed by atoms with Crippen molar-refractivity contribution in [3.05, 3.63) is 29.7 Å². The predicted octanol–water partition coefficient (Wildman–Crippen LogP) is 1.14. The molecule has 2 N–H and O–H groups in total. The Bertz CT molecular complexity index is 545. The van der Waals surface area contributed by atoms with Gasteiger partial charge >= 0.3 is 0 Å². The summed E-state index contributed by atoms with van der Waals surface area (Å²) in [5.74, 6) is -0.0233. The van der Waals surface area contributed by atoms with E-state index in [0.717, 1.165) is 11.3 Å². The van der Waals surface area contributed by atoms with Crippen LogP contribution in [0.2, 0.25) is 0 Å². The van der Waals surface area contributed by atoms with Gasteiger partial charge in [-0.1, -0.05) is 0 Å². The second kappa shape index (κ2) is 3.84. The van der Waals surface area contributed by atoms with Crippen LogP contribution in [0, 0.1) is 6.92 Å². The molecule has 2 heterocycles. The van der Waals surface area contributed by atoms with E-state index in [2.05, 4.69) is 4.98 Å². The SMILES string of the molecule is CCOc1cc2nc(C)cn2cc1C(N)=O. The number of pyridine rings is 1. The number of fused-ring (bicyclic) bond motifs is 1. The lowest BCUT2D eigenvalue weighted by molar-refractivity contribution is 0.0996. The van der Waals surface area contributed by atoms with Crippen LogP contribution in [-0.4, -0.2) is 21.9 Å². The molecule has 16 heavy (non-hydrogen) atoms. The van der Waals surface area contributed by atoms with Gasteiger partial charge in [-0.15, -0.1) is 0 Å². The number of nitrogens with two attached hydrogens (primary N) is 1. The Kier molecular flexibility index (Phi) is 2.52. The molecule has 5 heteroatoms. The molecule has 0 fully saturated rings. The topological polar surface area (TPSA) is 69.6 Å². The number of carbonyl (C=O) groups excluding carboxylic acids is 1. The molecule has 1 amide bonds. The predicted molar refractivity (Wildman–Crippen MR) is 59.6 cm³/mol. The van der Waals surface area contributed by atoms with Crippen molar-refractivity contribution in [1.29, 1.82) is 0 Å². The summed E-state index contributed by atoms with van der Waals surface area (Å²) >= 11 is 0. The van der Waals surface area contributed by atoms with Gasteiger partial charge in [0.2, 0.25) is 0 Å². The molecule has 0 aliphatic carbocycles. The number of aromatic nitrogens is 2. The lowest BCUT2D eigenvalue weighted by Crippen LogP contribution is -2.14. The standard InChI is InChI=1S/C11H13N3O2/c1-3-16-9-4-10-13-7(2)5-14(10)6-8(9)11(12)15/h4-6H,3H2,1-2H3,(H2,12,15). The van der Waals surface area contributed by atoms with Gasteiger partial charge in [0.25, 0.3) is 5.91 Å². The summed E-state index contributed by atoms with van der Waals surface area (Å²) in [6, 6.07) is 1.72. The number of ether oxygens (including phenoxy) is 1. The quantitative estimate of drug-likeness (QED) is 0.841. The van der Waals surface area contributed by atoms with Gasteiger partial charge in [-0.3, -0.25) is 4.79 Å². The molecule has 0 aromatic carbocycles. The summed E-state index contributed by atoms with van der Waals surface area (Å²) in [5.41, 5.74) is 7.28. The van der Waals surface area contributed by atoms with Crippen molar-refractivity contribution in [2.45, 2.75) is 13.8 Å². The number of imidazole rings is 1. The minimum Gasteiger partial charge on any atom is -0.493 e. The fourth-order valence-corrected chi connectivity index (χ4v) is 1.60. The van der Waals surface area contributed by atoms with Crippen LogP contribution in [0.5, 0.6) is 5.75 Å². The molecular formula is C11H13N3O2. The monoisotopic (exact) mass is 219 g/mol. The Morgan fingerprint density at radius 2 is 2.31 bits per heavy atom. The van der Waals surface area contributed by atoms with Crippen LogP contribution in [0.15, 0.2) is 18.5 Å². The van der Waals surface area contributed by atoms with Gasteiger partial charge in [-0.2, -0.15) is 0 Å².